The monoisotopic (exact) mass is 2330 g/mol. The van der Waals surface area contributed by atoms with E-state index in [9.17, 15) is 88.4 Å². The summed E-state index contributed by atoms with van der Waals surface area (Å²) >= 11 is 32.3. The van der Waals surface area contributed by atoms with Gasteiger partial charge in [-0.1, -0.05) is 12.2 Å². The number of ether oxygens (including phenoxy) is 6. The molecule has 78 heteroatoms. The number of carbonyl (C=O) groups excluding carboxylic acids is 1. The third-order valence-corrected chi connectivity index (χ3v) is 38.6. The largest absolute Gasteiger partial charge is 0.393 e. The molecule has 1 amide bonds. The lowest BCUT2D eigenvalue weighted by atomic mass is 10.0. The van der Waals surface area contributed by atoms with Crippen molar-refractivity contribution < 1.29 is 147 Å². The molecule has 9 fully saturated rings. The number of aliphatic hydroxyl groups excluding tert-OH is 1. The van der Waals surface area contributed by atoms with E-state index in [2.05, 4.69) is 72.7 Å². The fourth-order valence-electron chi connectivity index (χ4n) is 18.8. The van der Waals surface area contributed by atoms with Crippen LogP contribution in [0.2, 0.25) is 0 Å². The van der Waals surface area contributed by atoms with E-state index in [4.69, 9.17) is 165 Å². The minimum atomic E-state index is -5.46. The zero-order valence-electron chi connectivity index (χ0n) is 75.6. The number of anilines is 4. The molecule has 28 atom stereocenters. The predicted molar refractivity (Wildman–Crippen MR) is 516 cm³/mol. The zero-order chi connectivity index (χ0) is 105. The first-order valence-electron chi connectivity index (χ1n) is 42.5. The van der Waals surface area contributed by atoms with Gasteiger partial charge in [-0.2, -0.15) is 22.9 Å². The number of aromatic nitrogens is 16. The number of rotatable bonds is 38. The predicted octanol–water partition coefficient (Wildman–Crippen LogP) is -4.97. The quantitative estimate of drug-likeness (QED) is 0.0127. The molecular weight excluding hydrogens is 2240 g/mol. The molecule has 6 bridgehead atoms. The number of aliphatic hydroxyl groups is 1. The summed E-state index contributed by atoms with van der Waals surface area (Å²) in [5.41, 5.74) is 11.4. The van der Waals surface area contributed by atoms with E-state index in [1.165, 1.54) is 42.4 Å². The van der Waals surface area contributed by atoms with Crippen molar-refractivity contribution in [3.8, 4) is 0 Å². The summed E-state index contributed by atoms with van der Waals surface area (Å²) in [5.74, 6) is -1.62. The van der Waals surface area contributed by atoms with Gasteiger partial charge in [0.25, 0.3) is 22.6 Å². The van der Waals surface area contributed by atoms with Crippen LogP contribution >= 0.6 is 52.6 Å². The molecule has 796 valence electrons. The molecule has 8 aromatic heterocycles. The summed E-state index contributed by atoms with van der Waals surface area (Å²) in [6, 6.07) is -5.29. The highest BCUT2D eigenvalue weighted by Gasteiger charge is 2.73. The van der Waals surface area contributed by atoms with Gasteiger partial charge < -0.3 is 131 Å². The summed E-state index contributed by atoms with van der Waals surface area (Å²) in [5, 5.41) is 16.5. The summed E-state index contributed by atoms with van der Waals surface area (Å²) in [4.78, 5) is 188. The van der Waals surface area contributed by atoms with Crippen molar-refractivity contribution in [3.05, 3.63) is 129 Å². The van der Waals surface area contributed by atoms with Gasteiger partial charge in [0.15, 0.2) is 53.3 Å². The molecular formula is C67H91N25O38P6S9. The highest BCUT2D eigenvalue weighted by Crippen LogP contribution is 2.66. The molecule has 18 heterocycles. The second kappa shape index (κ2) is 39.3. The van der Waals surface area contributed by atoms with Crippen LogP contribution in [0.5, 0.6) is 0 Å². The van der Waals surface area contributed by atoms with Gasteiger partial charge in [-0.05, 0) is 79.8 Å². The van der Waals surface area contributed by atoms with Gasteiger partial charge >= 0.3 is 57.5 Å². The summed E-state index contributed by atoms with van der Waals surface area (Å²) in [6.45, 7) is -33.5. The molecule has 63 nitrogen and oxygen atoms in total. The molecule has 0 saturated carbocycles. The van der Waals surface area contributed by atoms with Crippen molar-refractivity contribution in [3.63, 3.8) is 0 Å². The zero-order valence-corrected chi connectivity index (χ0v) is 88.4. The topological polar surface area (TPSA) is 832 Å². The average Bonchev–Trinajstić information content (AvgIpc) is 1.54. The number of sulfonamides is 3. The first-order chi connectivity index (χ1) is 67.6. The molecule has 10 aliphatic heterocycles. The Kier molecular flexibility index (Phi) is 29.4. The van der Waals surface area contributed by atoms with E-state index in [1.807, 2.05) is 0 Å². The van der Waals surface area contributed by atoms with Gasteiger partial charge in [0.05, 0.1) is 108 Å². The van der Waals surface area contributed by atoms with Crippen LogP contribution in [0.25, 0.3) is 22.3 Å². The average molecular weight is 2330 g/mol. The van der Waals surface area contributed by atoms with Crippen LogP contribution in [-0.2, 0) is 176 Å². The van der Waals surface area contributed by atoms with Crippen molar-refractivity contribution >= 4 is 193 Å². The summed E-state index contributed by atoms with van der Waals surface area (Å²) in [7, 11) is -12.5. The van der Waals surface area contributed by atoms with Gasteiger partial charge in [0, 0.05) is 81.3 Å². The molecule has 8 aromatic rings. The smallest absolute Gasteiger partial charge is 0.386 e. The number of thiol groups is 1. The van der Waals surface area contributed by atoms with Crippen molar-refractivity contribution in [2.45, 2.75) is 174 Å². The molecule has 0 aromatic carbocycles. The Hall–Kier alpha value is -6.42. The number of hydrogen-bond acceptors (Lipinski definition) is 50. The van der Waals surface area contributed by atoms with Crippen molar-refractivity contribution in [1.29, 1.82) is 0 Å². The number of carbonyl (C=O) groups is 1. The first-order valence-corrected chi connectivity index (χ1v) is 63.7. The maximum atomic E-state index is 15.9. The second-order valence-electron chi connectivity index (χ2n) is 35.1. The van der Waals surface area contributed by atoms with Crippen LogP contribution in [0.4, 0.5) is 23.4 Å². The highest BCUT2D eigenvalue weighted by molar-refractivity contribution is 8.44. The Bertz CT molecular complexity index is 7640. The maximum Gasteiger partial charge on any atom is 0.386 e. The number of morpholine rings is 3. The lowest BCUT2D eigenvalue weighted by molar-refractivity contribution is -0.147. The first kappa shape index (κ1) is 108. The van der Waals surface area contributed by atoms with Crippen molar-refractivity contribution in [2.24, 2.45) is 5.73 Å². The number of imidazole rings is 3. The Morgan fingerprint density at radius 1 is 0.497 bits per heavy atom. The van der Waals surface area contributed by atoms with Crippen molar-refractivity contribution in [1.82, 2.24) is 95.5 Å². The van der Waals surface area contributed by atoms with Gasteiger partial charge in [-0.3, -0.25) is 76.3 Å². The maximum absolute atomic E-state index is 15.9. The standard InChI is InChI=1S/C67H91N25O38P6S9/c1-27-11-86(62(98)77-48(27)68)57-43-46(66(123-57,18-91(43)144(6,109)110)21-117-135(105,141)128-45-42-59(122-65(45,20-93)17-90(42)143(5,107)108)89-26-76-41-52(89)79-61(71)81-56(41)97)130-136(106,142)118-22-67-19-92(145(7,111)112)44(58(124-67)88-25-74-39-49(69)72-23-73-50(39)88)47(67)129-134(104,140)116-16-35-32(10-38(121-35)87-24-75-40-51(87)78-60(70)80-55(40)96)127-133(103,139)115-15-34-31(9-37(120-34)85-13-29(3)54(95)83-64(85)100)126-132(102,138)114-14-33-30(125-131(101,137)113-4)8-36(119-33)84-12-28(2)53(94)82-63(84)99/h11-13,23-26,30-38,42-47,57-60,78,93H,8-10,14-22,70H2,1-7H3,(H,80,96)(H,101,137)(H,102,138)(H,103,139)(H,104,140)(H,105,141)(H,106,142)(H2,68,77,98)(H2,69,72,73)(H,82,94,99)(H,83,95,100)(H3,71,79,81,97)/t30?,31?,32?,33-,34-,35-,36-,37-,38-,42+,43+,44+,45?,46?,47?,57-,58-,59-,60?,65-,66-,67-,131?,132?,133?,134?,135?,136?/m1/s1. The fraction of sp³-hybridized carbons (Fsp3) is 0.612. The van der Waals surface area contributed by atoms with E-state index in [-0.39, 0.29) is 68.6 Å². The van der Waals surface area contributed by atoms with E-state index < -0.39 is 322 Å². The number of nitrogens with one attached hydrogen (secondary N) is 5. The molecule has 19 N–H and O–H groups in total. The van der Waals surface area contributed by atoms with Crippen LogP contribution in [0.3, 0.4) is 0 Å². The van der Waals surface area contributed by atoms with Crippen LogP contribution < -0.4 is 67.3 Å². The Labute approximate surface area is 845 Å². The minimum absolute atomic E-state index is 0.0164. The Balaban J connectivity index is 0.627. The van der Waals surface area contributed by atoms with Gasteiger partial charge in [-0.25, -0.2) is 69.1 Å². The number of H-pyrrole nitrogens is 3. The number of fused-ring (bicyclic) bond motifs is 9. The Morgan fingerprint density at radius 3 is 1.41 bits per heavy atom. The SMILES string of the molecule is COP(O)(=S)OC1C[C@H](n2cc(C)c(=O)[nH]c2=O)O[C@@H]1COP(O)(=S)OC1C[C@H](n2cc(C)c(=O)[nH]c2=O)O[C@@H]1COP(O)(=S)OC1C[C@H](n2cnc3c2NC(N)NC3=O)O[C@@H]1COP(O)(=S)OC1[C@H]2[C@H](n3cnc4c(N)ncnc43)O[C@@]1(COP(=O)(S)OC1[C@H]3[C@H](n4cc(C)c(N)nc4=O)O[C@@]1(COP(O)(=S)OC1[C@H]4[C@H](n5cnc6c(=O)[nH]c(N)nc65)O[C@@]1(CO)CN4S(C)(=O)=O)CN3S(C)(=O)=O)CN2S(C)(=O)=O. The number of nitrogen functional groups attached to an aromatic ring is 3. The minimum Gasteiger partial charge on any atom is -0.393 e. The highest BCUT2D eigenvalue weighted by atomic mass is 32.7. The third-order valence-electron chi connectivity index (χ3n) is 25.4. The summed E-state index contributed by atoms with van der Waals surface area (Å²) in [6.07, 6.45) is -16.0. The van der Waals surface area contributed by atoms with E-state index in [0.29, 0.717) is 0 Å². The number of aryl methyl sites for hydroxylation is 3. The fourth-order valence-corrected chi connectivity index (χ4v) is 30.5. The summed E-state index contributed by atoms with van der Waals surface area (Å²) < 4.78 is 221. The van der Waals surface area contributed by atoms with Gasteiger partial charge in [0.2, 0.25) is 36.0 Å². The lowest BCUT2D eigenvalue weighted by Crippen LogP contribution is -2.51. The Morgan fingerprint density at radius 2 is 0.917 bits per heavy atom. The number of aromatic amines is 3. The van der Waals surface area contributed by atoms with Crippen LogP contribution in [0.1, 0.15) is 83.8 Å². The lowest BCUT2D eigenvalue weighted by Gasteiger charge is -2.37. The normalized spacial score (nSPS) is 32.7. The van der Waals surface area contributed by atoms with Gasteiger partial charge in [-0.15, -0.1) is 0 Å². The van der Waals surface area contributed by atoms with Crippen LogP contribution in [-0.4, -0.2) is 332 Å². The number of amides is 1. The molecule has 0 aliphatic carbocycles. The third kappa shape index (κ3) is 21.3. The number of hydrogen-bond donors (Lipinski definition) is 16. The van der Waals surface area contributed by atoms with E-state index in [1.54, 1.807) is 0 Å². The van der Waals surface area contributed by atoms with Gasteiger partial charge in [0.1, 0.15) is 102 Å². The molecule has 10 aliphatic rings. The van der Waals surface area contributed by atoms with Crippen LogP contribution in [0.15, 0.2) is 72.7 Å². The molecule has 18 rings (SSSR count). The second-order valence-corrected chi connectivity index (χ2v) is 57.8. The number of nitrogens with two attached hydrogens (primary N) is 4. The van der Waals surface area contributed by atoms with Crippen molar-refractivity contribution in [2.75, 3.05) is 108 Å². The molecule has 13 unspecified atom stereocenters. The number of nitrogens with zero attached hydrogens (tertiary/aromatic N) is 16. The molecule has 0 spiro atoms. The van der Waals surface area contributed by atoms with E-state index >= 15 is 4.57 Å². The molecule has 9 saturated heterocycles. The molecule has 0 radical (unpaired) electrons. The molecule has 145 heavy (non-hydrogen) atoms. The van der Waals surface area contributed by atoms with Crippen LogP contribution in [0, 0.1) is 20.8 Å². The van der Waals surface area contributed by atoms with E-state index in [0.717, 1.165) is 88.4 Å².